The maximum absolute atomic E-state index is 12.2. The van der Waals surface area contributed by atoms with Crippen LogP contribution in [0.5, 0.6) is 0 Å². The van der Waals surface area contributed by atoms with E-state index in [0.29, 0.717) is 12.5 Å². The summed E-state index contributed by atoms with van der Waals surface area (Å²) in [7, 11) is 0. The summed E-state index contributed by atoms with van der Waals surface area (Å²) in [5, 5.41) is 2.98. The van der Waals surface area contributed by atoms with E-state index in [0.717, 1.165) is 24.1 Å². The molecule has 0 spiro atoms. The van der Waals surface area contributed by atoms with Crippen molar-refractivity contribution in [3.63, 3.8) is 0 Å². The van der Waals surface area contributed by atoms with Gasteiger partial charge in [0.05, 0.1) is 12.2 Å². The topological polar surface area (TPSA) is 57.8 Å². The number of benzene rings is 1. The number of amides is 1. The Morgan fingerprint density at radius 1 is 1.23 bits per heavy atom. The van der Waals surface area contributed by atoms with E-state index in [1.165, 1.54) is 5.56 Å². The van der Waals surface area contributed by atoms with Crippen molar-refractivity contribution in [1.29, 1.82) is 0 Å². The Kier molecular flexibility index (Phi) is 5.75. The van der Waals surface area contributed by atoms with Crippen LogP contribution in [-0.4, -0.2) is 22.4 Å². The average Bonchev–Trinajstić information content (AvgIpc) is 3.00. The van der Waals surface area contributed by atoms with E-state index in [-0.39, 0.29) is 11.8 Å². The van der Waals surface area contributed by atoms with E-state index >= 15 is 0 Å². The fraction of sp³-hybridized carbons (Fsp3) is 0.444. The highest BCUT2D eigenvalue weighted by atomic mass is 16.1. The molecule has 0 saturated carbocycles. The van der Waals surface area contributed by atoms with Crippen molar-refractivity contribution in [3.05, 3.63) is 53.6 Å². The predicted octanol–water partition coefficient (Wildman–Crippen LogP) is 3.07. The summed E-state index contributed by atoms with van der Waals surface area (Å²) in [5.41, 5.74) is 3.42. The minimum atomic E-state index is -0.130. The molecule has 2 aromatic rings. The Balaban J connectivity index is 1.84. The Labute approximate surface area is 132 Å². The maximum Gasteiger partial charge on any atom is 0.227 e. The van der Waals surface area contributed by atoms with Crippen LogP contribution in [0.1, 0.15) is 43.5 Å². The van der Waals surface area contributed by atoms with Crippen LogP contribution in [0.15, 0.2) is 36.8 Å². The number of carbonyl (C=O) groups excluding carboxylic acids is 1. The van der Waals surface area contributed by atoms with E-state index in [2.05, 4.69) is 53.4 Å². The molecule has 118 valence electrons. The van der Waals surface area contributed by atoms with Gasteiger partial charge in [0.2, 0.25) is 5.91 Å². The van der Waals surface area contributed by atoms with Crippen LogP contribution >= 0.6 is 0 Å². The van der Waals surface area contributed by atoms with Gasteiger partial charge in [-0.25, -0.2) is 4.98 Å². The number of aromatic nitrogens is 2. The molecule has 1 atom stereocenters. The molecule has 0 bridgehead atoms. The second-order valence-electron chi connectivity index (χ2n) is 6.18. The monoisotopic (exact) mass is 299 g/mol. The lowest BCUT2D eigenvalue weighted by Gasteiger charge is -2.13. The Morgan fingerprint density at radius 3 is 2.55 bits per heavy atom. The van der Waals surface area contributed by atoms with Crippen LogP contribution in [0.3, 0.4) is 0 Å². The molecule has 1 amide bonds. The smallest absolute Gasteiger partial charge is 0.227 e. The third-order valence-corrected chi connectivity index (χ3v) is 3.77. The van der Waals surface area contributed by atoms with Gasteiger partial charge in [0.25, 0.3) is 0 Å². The van der Waals surface area contributed by atoms with Crippen molar-refractivity contribution in [2.24, 2.45) is 5.92 Å². The van der Waals surface area contributed by atoms with Gasteiger partial charge in [-0.2, -0.15) is 0 Å². The first-order valence-corrected chi connectivity index (χ1v) is 7.90. The third-order valence-electron chi connectivity index (χ3n) is 3.77. The number of hydrogen-bond acceptors (Lipinski definition) is 2. The highest BCUT2D eigenvalue weighted by Crippen LogP contribution is 2.17. The van der Waals surface area contributed by atoms with Gasteiger partial charge in [-0.05, 0) is 30.4 Å². The summed E-state index contributed by atoms with van der Waals surface area (Å²) in [6, 6.07) is 8.39. The number of nitrogens with zero attached hydrogens (tertiary/aromatic N) is 1. The van der Waals surface area contributed by atoms with Crippen molar-refractivity contribution in [2.75, 3.05) is 6.54 Å². The molecule has 1 heterocycles. The summed E-state index contributed by atoms with van der Waals surface area (Å²) in [6.45, 7) is 6.99. The minimum Gasteiger partial charge on any atom is -0.355 e. The summed E-state index contributed by atoms with van der Waals surface area (Å²) in [4.78, 5) is 19.2. The number of carbonyl (C=O) groups is 1. The van der Waals surface area contributed by atoms with Gasteiger partial charge >= 0.3 is 0 Å². The molecular formula is C18H25N3O. The molecule has 0 radical (unpaired) electrons. The molecule has 22 heavy (non-hydrogen) atoms. The quantitative estimate of drug-likeness (QED) is 0.825. The summed E-state index contributed by atoms with van der Waals surface area (Å²) >= 11 is 0. The number of rotatable bonds is 7. The maximum atomic E-state index is 12.2. The molecule has 0 aliphatic rings. The van der Waals surface area contributed by atoms with Gasteiger partial charge in [0.15, 0.2) is 0 Å². The number of H-pyrrole nitrogens is 1. The second-order valence-corrected chi connectivity index (χ2v) is 6.18. The largest absolute Gasteiger partial charge is 0.355 e. The zero-order valence-corrected chi connectivity index (χ0v) is 13.6. The second kappa shape index (κ2) is 7.78. The molecule has 4 nitrogen and oxygen atoms in total. The lowest BCUT2D eigenvalue weighted by atomic mass is 9.96. The summed E-state index contributed by atoms with van der Waals surface area (Å²) in [6.07, 6.45) is 5.28. The SMILES string of the molecule is CC(C)Cc1ccc(C(C)C(=O)NCCc2cnc[nH]2)cc1. The molecule has 1 aromatic heterocycles. The number of hydrogen-bond donors (Lipinski definition) is 2. The van der Waals surface area contributed by atoms with E-state index in [1.54, 1.807) is 12.5 Å². The van der Waals surface area contributed by atoms with E-state index < -0.39 is 0 Å². The molecule has 0 saturated heterocycles. The molecule has 0 aliphatic carbocycles. The van der Waals surface area contributed by atoms with Crippen molar-refractivity contribution < 1.29 is 4.79 Å². The lowest BCUT2D eigenvalue weighted by molar-refractivity contribution is -0.122. The molecule has 2 rings (SSSR count). The van der Waals surface area contributed by atoms with E-state index in [4.69, 9.17) is 0 Å². The Hall–Kier alpha value is -2.10. The van der Waals surface area contributed by atoms with Crippen molar-refractivity contribution in [3.8, 4) is 0 Å². The Bertz CT molecular complexity index is 573. The molecular weight excluding hydrogens is 274 g/mol. The third kappa shape index (κ3) is 4.72. The fourth-order valence-electron chi connectivity index (χ4n) is 2.46. The van der Waals surface area contributed by atoms with Gasteiger partial charge < -0.3 is 10.3 Å². The normalized spacial score (nSPS) is 12.4. The van der Waals surface area contributed by atoms with Gasteiger partial charge in [-0.3, -0.25) is 4.79 Å². The van der Waals surface area contributed by atoms with Crippen molar-refractivity contribution >= 4 is 5.91 Å². The first-order valence-electron chi connectivity index (χ1n) is 7.90. The molecule has 1 aromatic carbocycles. The standard InChI is InChI=1S/C18H25N3O/c1-13(2)10-15-4-6-16(7-5-15)14(3)18(22)20-9-8-17-11-19-12-21-17/h4-7,11-14H,8-10H2,1-3H3,(H,19,21)(H,20,22). The number of nitrogens with one attached hydrogen (secondary N) is 2. The van der Waals surface area contributed by atoms with Crippen LogP contribution in [0.25, 0.3) is 0 Å². The van der Waals surface area contributed by atoms with E-state index in [9.17, 15) is 4.79 Å². The lowest BCUT2D eigenvalue weighted by Crippen LogP contribution is -2.29. The van der Waals surface area contributed by atoms with Gasteiger partial charge in [-0.1, -0.05) is 38.1 Å². The highest BCUT2D eigenvalue weighted by molar-refractivity contribution is 5.83. The number of aromatic amines is 1. The van der Waals surface area contributed by atoms with Crippen molar-refractivity contribution in [1.82, 2.24) is 15.3 Å². The molecule has 4 heteroatoms. The zero-order chi connectivity index (χ0) is 15.9. The van der Waals surface area contributed by atoms with Crippen LogP contribution in [0.2, 0.25) is 0 Å². The predicted molar refractivity (Wildman–Crippen MR) is 88.7 cm³/mol. The minimum absolute atomic E-state index is 0.0659. The average molecular weight is 299 g/mol. The first kappa shape index (κ1) is 16.3. The molecule has 1 unspecified atom stereocenters. The molecule has 0 aliphatic heterocycles. The first-order chi connectivity index (χ1) is 10.6. The van der Waals surface area contributed by atoms with Gasteiger partial charge in [-0.15, -0.1) is 0 Å². The molecule has 0 fully saturated rings. The number of imidazole rings is 1. The van der Waals surface area contributed by atoms with Gasteiger partial charge in [0.1, 0.15) is 0 Å². The fourth-order valence-corrected chi connectivity index (χ4v) is 2.46. The summed E-state index contributed by atoms with van der Waals surface area (Å²) < 4.78 is 0. The van der Waals surface area contributed by atoms with Crippen LogP contribution in [0.4, 0.5) is 0 Å². The van der Waals surface area contributed by atoms with Crippen LogP contribution < -0.4 is 5.32 Å². The van der Waals surface area contributed by atoms with E-state index in [1.807, 2.05) is 6.92 Å². The van der Waals surface area contributed by atoms with Crippen LogP contribution in [-0.2, 0) is 17.6 Å². The van der Waals surface area contributed by atoms with Gasteiger partial charge in [0, 0.05) is 24.9 Å². The summed E-state index contributed by atoms with van der Waals surface area (Å²) in [5.74, 6) is 0.583. The Morgan fingerprint density at radius 2 is 1.95 bits per heavy atom. The van der Waals surface area contributed by atoms with Crippen LogP contribution in [0, 0.1) is 5.92 Å². The molecule has 2 N–H and O–H groups in total. The van der Waals surface area contributed by atoms with Crippen molar-refractivity contribution in [2.45, 2.75) is 39.5 Å². The zero-order valence-electron chi connectivity index (χ0n) is 13.6. The highest BCUT2D eigenvalue weighted by Gasteiger charge is 2.14.